The van der Waals surface area contributed by atoms with Crippen LogP contribution in [0.25, 0.3) is 0 Å². The molecule has 0 amide bonds. The number of carbonyl (C=O) groups excluding carboxylic acids is 1. The molecule has 0 spiro atoms. The predicted octanol–water partition coefficient (Wildman–Crippen LogP) is 1.52. The molecule has 0 radical (unpaired) electrons. The largest absolute Gasteiger partial charge is 0.296 e. The fourth-order valence-corrected chi connectivity index (χ4v) is 1.05. The van der Waals surface area contributed by atoms with Crippen molar-refractivity contribution in [2.24, 2.45) is 4.99 Å². The van der Waals surface area contributed by atoms with E-state index in [1.165, 1.54) is 18.5 Å². The van der Waals surface area contributed by atoms with Crippen molar-refractivity contribution in [3.8, 4) is 12.3 Å². The van der Waals surface area contributed by atoms with E-state index < -0.39 is 0 Å². The van der Waals surface area contributed by atoms with Crippen molar-refractivity contribution < 1.29 is 4.79 Å². The van der Waals surface area contributed by atoms with Crippen molar-refractivity contribution >= 4 is 12.0 Å². The first kappa shape index (κ1) is 10.9. The molecule has 0 unspecified atom stereocenters. The minimum absolute atomic E-state index is 0.174. The van der Waals surface area contributed by atoms with E-state index in [0.29, 0.717) is 11.1 Å². The van der Waals surface area contributed by atoms with E-state index in [1.807, 2.05) is 0 Å². The monoisotopic (exact) mass is 198 g/mol. The number of nitrogens with zero attached hydrogens (tertiary/aromatic N) is 2. The molecule has 1 heterocycles. The SMILES string of the molecule is C#C/C=C(\C=N/C)C(=O)c1cccnc1. The zero-order valence-corrected chi connectivity index (χ0v) is 8.34. The first-order valence-corrected chi connectivity index (χ1v) is 4.32. The highest BCUT2D eigenvalue weighted by molar-refractivity contribution is 6.21. The predicted molar refractivity (Wildman–Crippen MR) is 59.9 cm³/mol. The smallest absolute Gasteiger partial charge is 0.196 e. The molecule has 1 aromatic heterocycles. The number of rotatable bonds is 3. The number of Topliss-reactive ketones (excluding diaryl/α,β-unsaturated/α-hetero) is 1. The number of terminal acetylenes is 1. The normalized spacial score (nSPS) is 11.3. The number of allylic oxidation sites excluding steroid dienone is 2. The van der Waals surface area contributed by atoms with Crippen molar-refractivity contribution in [1.29, 1.82) is 0 Å². The Balaban J connectivity index is 3.03. The fraction of sp³-hybridized carbons (Fsp3) is 0.0833. The zero-order chi connectivity index (χ0) is 11.1. The molecule has 0 atom stereocenters. The summed E-state index contributed by atoms with van der Waals surface area (Å²) in [6.07, 6.45) is 11.1. The average molecular weight is 198 g/mol. The molecule has 1 aromatic rings. The van der Waals surface area contributed by atoms with Crippen LogP contribution in [0.15, 0.2) is 41.2 Å². The van der Waals surface area contributed by atoms with Crippen LogP contribution in [-0.4, -0.2) is 24.0 Å². The maximum Gasteiger partial charge on any atom is 0.196 e. The van der Waals surface area contributed by atoms with E-state index in [1.54, 1.807) is 25.4 Å². The summed E-state index contributed by atoms with van der Waals surface area (Å²) in [6.45, 7) is 0. The molecule has 0 saturated heterocycles. The Morgan fingerprint density at radius 1 is 1.67 bits per heavy atom. The highest BCUT2D eigenvalue weighted by Gasteiger charge is 2.09. The van der Waals surface area contributed by atoms with Gasteiger partial charge in [-0.15, -0.1) is 6.42 Å². The highest BCUT2D eigenvalue weighted by atomic mass is 16.1. The lowest BCUT2D eigenvalue weighted by Crippen LogP contribution is -2.04. The fourth-order valence-electron chi connectivity index (χ4n) is 1.05. The van der Waals surface area contributed by atoms with Gasteiger partial charge < -0.3 is 0 Å². The van der Waals surface area contributed by atoms with E-state index in [4.69, 9.17) is 6.42 Å². The maximum atomic E-state index is 11.8. The molecular formula is C12H10N2O. The molecule has 1 rings (SSSR count). The average Bonchev–Trinajstić information content (AvgIpc) is 2.29. The van der Waals surface area contributed by atoms with Crippen LogP contribution < -0.4 is 0 Å². The van der Waals surface area contributed by atoms with E-state index in [2.05, 4.69) is 15.9 Å². The number of hydrogen-bond donors (Lipinski definition) is 0. The maximum absolute atomic E-state index is 11.8. The van der Waals surface area contributed by atoms with E-state index in [9.17, 15) is 4.79 Å². The quantitative estimate of drug-likeness (QED) is 0.320. The minimum Gasteiger partial charge on any atom is -0.296 e. The molecule has 15 heavy (non-hydrogen) atoms. The third-order valence-electron chi connectivity index (χ3n) is 1.69. The Bertz CT molecular complexity index is 438. The summed E-state index contributed by atoms with van der Waals surface area (Å²) in [5.41, 5.74) is 0.881. The molecule has 0 bridgehead atoms. The summed E-state index contributed by atoms with van der Waals surface area (Å²) in [5.74, 6) is 2.13. The molecular weight excluding hydrogens is 188 g/mol. The Hall–Kier alpha value is -2.21. The third kappa shape index (κ3) is 2.89. The molecule has 0 saturated carbocycles. The van der Waals surface area contributed by atoms with E-state index in [0.717, 1.165) is 0 Å². The number of aliphatic imine (C=N–C) groups is 1. The molecule has 74 valence electrons. The van der Waals surface area contributed by atoms with Crippen LogP contribution in [-0.2, 0) is 0 Å². The molecule has 0 aliphatic carbocycles. The Labute approximate surface area is 88.6 Å². The molecule has 3 nitrogen and oxygen atoms in total. The van der Waals surface area contributed by atoms with Gasteiger partial charge in [-0.2, -0.15) is 0 Å². The summed E-state index contributed by atoms with van der Waals surface area (Å²) < 4.78 is 0. The topological polar surface area (TPSA) is 42.3 Å². The molecule has 3 heteroatoms. The second kappa shape index (κ2) is 5.51. The molecule has 0 aliphatic heterocycles. The van der Waals surface area contributed by atoms with Gasteiger partial charge in [0.05, 0.1) is 0 Å². The van der Waals surface area contributed by atoms with Gasteiger partial charge >= 0.3 is 0 Å². The minimum atomic E-state index is -0.174. The van der Waals surface area contributed by atoms with Gasteiger partial charge in [-0.1, -0.05) is 5.92 Å². The molecule has 0 N–H and O–H groups in total. The van der Waals surface area contributed by atoms with Crippen LogP contribution in [0.2, 0.25) is 0 Å². The van der Waals surface area contributed by atoms with Crippen LogP contribution in [0.5, 0.6) is 0 Å². The summed E-state index contributed by atoms with van der Waals surface area (Å²) in [7, 11) is 1.58. The van der Waals surface area contributed by atoms with Crippen molar-refractivity contribution in [2.75, 3.05) is 7.05 Å². The standard InChI is InChI=1S/C12H10N2O/c1-3-5-10(8-13-2)12(15)11-6-4-7-14-9-11/h1,4-9H,2H3/b10-5+,13-8-. The first-order chi connectivity index (χ1) is 7.29. The van der Waals surface area contributed by atoms with Gasteiger partial charge in [0.25, 0.3) is 0 Å². The second-order valence-electron chi connectivity index (χ2n) is 2.72. The van der Waals surface area contributed by atoms with Crippen LogP contribution in [0.3, 0.4) is 0 Å². The van der Waals surface area contributed by atoms with Crippen molar-refractivity contribution in [3.63, 3.8) is 0 Å². The number of ketones is 1. The van der Waals surface area contributed by atoms with E-state index in [-0.39, 0.29) is 5.78 Å². The van der Waals surface area contributed by atoms with Crippen LogP contribution in [0.1, 0.15) is 10.4 Å². The summed E-state index contributed by atoms with van der Waals surface area (Å²) in [4.78, 5) is 19.5. The van der Waals surface area contributed by atoms with E-state index >= 15 is 0 Å². The van der Waals surface area contributed by atoms with Gasteiger partial charge in [0, 0.05) is 42.9 Å². The molecule has 0 aromatic carbocycles. The van der Waals surface area contributed by atoms with Crippen molar-refractivity contribution in [3.05, 3.63) is 41.7 Å². The lowest BCUT2D eigenvalue weighted by atomic mass is 10.1. The summed E-state index contributed by atoms with van der Waals surface area (Å²) >= 11 is 0. The van der Waals surface area contributed by atoms with Gasteiger partial charge in [0.1, 0.15) is 0 Å². The molecule has 0 fully saturated rings. The number of pyridine rings is 1. The lowest BCUT2D eigenvalue weighted by molar-refractivity contribution is 0.104. The number of carbonyl (C=O) groups is 1. The third-order valence-corrected chi connectivity index (χ3v) is 1.69. The van der Waals surface area contributed by atoms with Gasteiger partial charge in [0.15, 0.2) is 5.78 Å². The summed E-state index contributed by atoms with van der Waals surface area (Å²) in [5, 5.41) is 0. The summed E-state index contributed by atoms with van der Waals surface area (Å²) in [6, 6.07) is 3.38. The number of aromatic nitrogens is 1. The Morgan fingerprint density at radius 2 is 2.47 bits per heavy atom. The van der Waals surface area contributed by atoms with Gasteiger partial charge in [-0.05, 0) is 12.1 Å². The van der Waals surface area contributed by atoms with Gasteiger partial charge in [-0.25, -0.2) is 0 Å². The molecule has 0 aliphatic rings. The Kier molecular flexibility index (Phi) is 3.99. The van der Waals surface area contributed by atoms with Crippen molar-refractivity contribution in [1.82, 2.24) is 4.98 Å². The lowest BCUT2D eigenvalue weighted by Gasteiger charge is -1.98. The van der Waals surface area contributed by atoms with Crippen LogP contribution in [0, 0.1) is 12.3 Å². The second-order valence-corrected chi connectivity index (χ2v) is 2.72. The van der Waals surface area contributed by atoms with Gasteiger partial charge in [-0.3, -0.25) is 14.8 Å². The van der Waals surface area contributed by atoms with Gasteiger partial charge in [0.2, 0.25) is 0 Å². The number of hydrogen-bond acceptors (Lipinski definition) is 3. The highest BCUT2D eigenvalue weighted by Crippen LogP contribution is 2.05. The van der Waals surface area contributed by atoms with Crippen LogP contribution >= 0.6 is 0 Å². The zero-order valence-electron chi connectivity index (χ0n) is 8.34. The van der Waals surface area contributed by atoms with Crippen LogP contribution in [0.4, 0.5) is 0 Å². The first-order valence-electron chi connectivity index (χ1n) is 4.32. The van der Waals surface area contributed by atoms with Crippen molar-refractivity contribution in [2.45, 2.75) is 0 Å². The Morgan fingerprint density at radius 3 is 3.00 bits per heavy atom.